The Morgan fingerprint density at radius 2 is 2.06 bits per heavy atom. The molecule has 0 saturated carbocycles. The number of carboxylic acids is 1. The first-order valence-corrected chi connectivity index (χ1v) is 5.25. The minimum Gasteiger partial charge on any atom is -0.477 e. The fraction of sp³-hybridized carbons (Fsp3) is 0.0909. The largest absolute Gasteiger partial charge is 0.477 e. The van der Waals surface area contributed by atoms with Crippen molar-refractivity contribution in [2.24, 2.45) is 0 Å². The molecule has 0 aliphatic carbocycles. The Bertz CT molecular complexity index is 642. The van der Waals surface area contributed by atoms with Crippen molar-refractivity contribution in [3.63, 3.8) is 0 Å². The fourth-order valence-electron chi connectivity index (χ4n) is 1.48. The molecule has 0 aliphatic heterocycles. The van der Waals surface area contributed by atoms with Crippen LogP contribution in [0.5, 0.6) is 0 Å². The average Bonchev–Trinajstić information content (AvgIpc) is 2.18. The first-order chi connectivity index (χ1) is 7.49. The number of aryl methyl sites for hydroxylation is 1. The first-order valence-electron chi connectivity index (χ1n) is 4.46. The lowest BCUT2D eigenvalue weighted by molar-refractivity contribution is 0.0692. The van der Waals surface area contributed by atoms with E-state index in [1.807, 2.05) is 6.92 Å². The normalized spacial score (nSPS) is 10.6. The molecule has 1 N–H and O–H groups in total. The molecule has 4 nitrogen and oxygen atoms in total. The maximum Gasteiger partial charge on any atom is 0.351 e. The van der Waals surface area contributed by atoms with Gasteiger partial charge in [-0.05, 0) is 46.6 Å². The summed E-state index contributed by atoms with van der Waals surface area (Å²) in [6.07, 6.45) is 0. The number of hydrogen-bond acceptors (Lipinski definition) is 3. The quantitative estimate of drug-likeness (QED) is 0.817. The second-order valence-corrected chi connectivity index (χ2v) is 4.27. The molecule has 0 bridgehead atoms. The van der Waals surface area contributed by atoms with Gasteiger partial charge in [0, 0.05) is 5.39 Å². The zero-order valence-electron chi connectivity index (χ0n) is 8.28. The summed E-state index contributed by atoms with van der Waals surface area (Å²) >= 11 is 3.26. The highest BCUT2D eigenvalue weighted by Crippen LogP contribution is 2.25. The van der Waals surface area contributed by atoms with Crippen LogP contribution in [0.15, 0.2) is 31.9 Å². The molecule has 2 rings (SSSR count). The summed E-state index contributed by atoms with van der Waals surface area (Å²) in [4.78, 5) is 22.1. The van der Waals surface area contributed by atoms with Crippen LogP contribution in [0.1, 0.15) is 15.9 Å². The van der Waals surface area contributed by atoms with E-state index < -0.39 is 11.6 Å². The van der Waals surface area contributed by atoms with Gasteiger partial charge in [-0.1, -0.05) is 0 Å². The highest BCUT2D eigenvalue weighted by molar-refractivity contribution is 9.10. The molecule has 0 atom stereocenters. The van der Waals surface area contributed by atoms with Gasteiger partial charge in [-0.25, -0.2) is 9.59 Å². The molecule has 0 unspecified atom stereocenters. The molecule has 5 heteroatoms. The van der Waals surface area contributed by atoms with E-state index in [1.54, 1.807) is 12.1 Å². The van der Waals surface area contributed by atoms with E-state index >= 15 is 0 Å². The fourth-order valence-corrected chi connectivity index (χ4v) is 2.15. The molecule has 0 spiro atoms. The van der Waals surface area contributed by atoms with E-state index in [0.717, 1.165) is 5.56 Å². The van der Waals surface area contributed by atoms with Gasteiger partial charge in [0.1, 0.15) is 5.56 Å². The van der Waals surface area contributed by atoms with Crippen LogP contribution in [0.3, 0.4) is 0 Å². The van der Waals surface area contributed by atoms with E-state index in [2.05, 4.69) is 15.9 Å². The second-order valence-electron chi connectivity index (χ2n) is 3.42. The molecule has 1 heterocycles. The monoisotopic (exact) mass is 282 g/mol. The summed E-state index contributed by atoms with van der Waals surface area (Å²) in [5, 5.41) is 9.38. The zero-order valence-corrected chi connectivity index (χ0v) is 9.87. The molecular weight excluding hydrogens is 276 g/mol. The van der Waals surface area contributed by atoms with Crippen molar-refractivity contribution >= 4 is 32.9 Å². The van der Waals surface area contributed by atoms with Crippen LogP contribution >= 0.6 is 15.9 Å². The van der Waals surface area contributed by atoms with E-state index in [0.29, 0.717) is 15.4 Å². The van der Waals surface area contributed by atoms with Gasteiger partial charge in [0.15, 0.2) is 5.58 Å². The summed E-state index contributed by atoms with van der Waals surface area (Å²) in [7, 11) is 0. The van der Waals surface area contributed by atoms with Gasteiger partial charge in [0.05, 0.1) is 4.47 Å². The molecule has 2 aromatic rings. The minimum absolute atomic E-state index is 0.356. The molecule has 1 aromatic heterocycles. The van der Waals surface area contributed by atoms with Crippen LogP contribution in [0.2, 0.25) is 0 Å². The number of benzene rings is 1. The number of carbonyl (C=O) groups is 1. The molecule has 0 saturated heterocycles. The number of aromatic carboxylic acids is 1. The molecule has 82 valence electrons. The minimum atomic E-state index is -1.28. The van der Waals surface area contributed by atoms with Gasteiger partial charge in [-0.2, -0.15) is 0 Å². The average molecular weight is 283 g/mol. The van der Waals surface area contributed by atoms with Crippen LogP contribution in [-0.4, -0.2) is 11.1 Å². The van der Waals surface area contributed by atoms with E-state index in [9.17, 15) is 9.59 Å². The zero-order chi connectivity index (χ0) is 11.9. The molecule has 16 heavy (non-hydrogen) atoms. The van der Waals surface area contributed by atoms with Crippen LogP contribution in [0.25, 0.3) is 11.0 Å². The Labute approximate surface area is 98.6 Å². The Kier molecular flexibility index (Phi) is 2.55. The van der Waals surface area contributed by atoms with Crippen molar-refractivity contribution in [1.82, 2.24) is 0 Å². The van der Waals surface area contributed by atoms with E-state index in [4.69, 9.17) is 9.52 Å². The van der Waals surface area contributed by atoms with Crippen molar-refractivity contribution in [1.29, 1.82) is 0 Å². The maximum atomic E-state index is 11.3. The molecule has 0 radical (unpaired) electrons. The topological polar surface area (TPSA) is 67.5 Å². The lowest BCUT2D eigenvalue weighted by atomic mass is 10.1. The maximum absolute atomic E-state index is 11.3. The van der Waals surface area contributed by atoms with Crippen LogP contribution < -0.4 is 5.63 Å². The van der Waals surface area contributed by atoms with Crippen molar-refractivity contribution in [3.05, 3.63) is 44.2 Å². The molecular formula is C11H7BrO4. The second kappa shape index (κ2) is 3.75. The number of rotatable bonds is 1. The van der Waals surface area contributed by atoms with Crippen molar-refractivity contribution < 1.29 is 14.3 Å². The summed E-state index contributed by atoms with van der Waals surface area (Å²) in [6, 6.07) is 4.88. The van der Waals surface area contributed by atoms with E-state index in [1.165, 1.54) is 6.07 Å². The van der Waals surface area contributed by atoms with E-state index in [-0.39, 0.29) is 5.56 Å². The van der Waals surface area contributed by atoms with Gasteiger partial charge < -0.3 is 9.52 Å². The van der Waals surface area contributed by atoms with Crippen molar-refractivity contribution in [3.8, 4) is 0 Å². The Hall–Kier alpha value is -1.62. The number of carboxylic acid groups (broad SMARTS) is 1. The Morgan fingerprint density at radius 1 is 1.38 bits per heavy atom. The Morgan fingerprint density at radius 3 is 2.69 bits per heavy atom. The van der Waals surface area contributed by atoms with Crippen molar-refractivity contribution in [2.45, 2.75) is 6.92 Å². The highest BCUT2D eigenvalue weighted by atomic mass is 79.9. The molecule has 1 aromatic carbocycles. The van der Waals surface area contributed by atoms with Gasteiger partial charge in [0.2, 0.25) is 0 Å². The number of hydrogen-bond donors (Lipinski definition) is 1. The molecule has 0 fully saturated rings. The van der Waals surface area contributed by atoms with Crippen LogP contribution in [0.4, 0.5) is 0 Å². The summed E-state index contributed by atoms with van der Waals surface area (Å²) in [5.41, 5.74) is 0.111. The standard InChI is InChI=1S/C11H7BrO4/c1-5-2-6-4-7(10(13)14)11(15)16-9(6)8(12)3-5/h2-4H,1H3,(H,13,14). The molecule has 0 amide bonds. The highest BCUT2D eigenvalue weighted by Gasteiger charge is 2.13. The SMILES string of the molecule is Cc1cc(Br)c2oc(=O)c(C(=O)O)cc2c1. The van der Waals surface area contributed by atoms with Gasteiger partial charge in [0.25, 0.3) is 0 Å². The molecule has 0 aliphatic rings. The summed E-state index contributed by atoms with van der Waals surface area (Å²) < 4.78 is 5.59. The predicted octanol–water partition coefficient (Wildman–Crippen LogP) is 2.56. The van der Waals surface area contributed by atoms with Gasteiger partial charge >= 0.3 is 11.6 Å². The van der Waals surface area contributed by atoms with Gasteiger partial charge in [-0.15, -0.1) is 0 Å². The number of fused-ring (bicyclic) bond motifs is 1. The third-order valence-corrected chi connectivity index (χ3v) is 2.75. The predicted molar refractivity (Wildman–Crippen MR) is 61.9 cm³/mol. The summed E-state index contributed by atoms with van der Waals surface area (Å²) in [5.74, 6) is -1.28. The number of halogens is 1. The van der Waals surface area contributed by atoms with Gasteiger partial charge in [-0.3, -0.25) is 0 Å². The third kappa shape index (κ3) is 1.74. The third-order valence-electron chi connectivity index (χ3n) is 2.16. The lowest BCUT2D eigenvalue weighted by Crippen LogP contribution is -2.12. The van der Waals surface area contributed by atoms with Crippen molar-refractivity contribution in [2.75, 3.05) is 0 Å². The summed E-state index contributed by atoms with van der Waals surface area (Å²) in [6.45, 7) is 1.87. The smallest absolute Gasteiger partial charge is 0.351 e. The lowest BCUT2D eigenvalue weighted by Gasteiger charge is -2.02. The van der Waals surface area contributed by atoms with Crippen LogP contribution in [0, 0.1) is 6.92 Å². The Balaban J connectivity index is 2.90. The first kappa shape index (κ1) is 10.9. The van der Waals surface area contributed by atoms with Crippen LogP contribution in [-0.2, 0) is 0 Å².